The van der Waals surface area contributed by atoms with Crippen molar-refractivity contribution in [2.45, 2.75) is 38.3 Å². The van der Waals surface area contributed by atoms with Crippen LogP contribution in [-0.4, -0.2) is 12.1 Å². The molecule has 0 aliphatic heterocycles. The van der Waals surface area contributed by atoms with E-state index < -0.39 is 0 Å². The van der Waals surface area contributed by atoms with Crippen molar-refractivity contribution in [2.24, 2.45) is 5.73 Å². The summed E-state index contributed by atoms with van der Waals surface area (Å²) in [6, 6.07) is 7.84. The Kier molecular flexibility index (Phi) is 3.64. The van der Waals surface area contributed by atoms with E-state index in [0.29, 0.717) is 6.04 Å². The van der Waals surface area contributed by atoms with Crippen LogP contribution in [0.3, 0.4) is 0 Å². The van der Waals surface area contributed by atoms with Gasteiger partial charge in [-0.15, -0.1) is 0 Å². The number of nitrogens with two attached hydrogens (primary N) is 1. The zero-order valence-electron chi connectivity index (χ0n) is 10.1. The van der Waals surface area contributed by atoms with Gasteiger partial charge in [0, 0.05) is 17.8 Å². The zero-order valence-corrected chi connectivity index (χ0v) is 10.1. The summed E-state index contributed by atoms with van der Waals surface area (Å²) < 4.78 is 0. The molecule has 4 heteroatoms. The normalized spacial score (nSPS) is 17.1. The van der Waals surface area contributed by atoms with Crippen LogP contribution in [0.25, 0.3) is 0 Å². The molecule has 92 valence electrons. The van der Waals surface area contributed by atoms with E-state index in [9.17, 15) is 4.79 Å². The molecule has 4 N–H and O–H groups in total. The molecule has 1 aromatic carbocycles. The van der Waals surface area contributed by atoms with Gasteiger partial charge in [0.2, 0.25) is 0 Å². The molecule has 1 saturated carbocycles. The molecule has 0 spiro atoms. The number of rotatable bonds is 3. The summed E-state index contributed by atoms with van der Waals surface area (Å²) >= 11 is 0. The van der Waals surface area contributed by atoms with E-state index >= 15 is 0 Å². The van der Waals surface area contributed by atoms with Gasteiger partial charge in [0.15, 0.2) is 0 Å². The van der Waals surface area contributed by atoms with Crippen LogP contribution >= 0.6 is 0 Å². The fourth-order valence-corrected chi connectivity index (χ4v) is 1.80. The highest BCUT2D eigenvalue weighted by molar-refractivity contribution is 5.89. The van der Waals surface area contributed by atoms with Crippen LogP contribution in [0.5, 0.6) is 0 Å². The van der Waals surface area contributed by atoms with Crippen LogP contribution < -0.4 is 16.4 Å². The third-order valence-electron chi connectivity index (χ3n) is 3.11. The molecule has 1 atom stereocenters. The van der Waals surface area contributed by atoms with Gasteiger partial charge in [0.1, 0.15) is 0 Å². The molecule has 2 rings (SSSR count). The molecular formula is C13H19N3O. The maximum absolute atomic E-state index is 11.6. The van der Waals surface area contributed by atoms with Crippen molar-refractivity contribution in [3.8, 4) is 0 Å². The largest absolute Gasteiger partial charge is 0.335 e. The molecule has 1 aromatic rings. The Bertz CT molecular complexity index is 399. The lowest BCUT2D eigenvalue weighted by atomic mass is 9.93. The number of hydrogen-bond donors (Lipinski definition) is 3. The standard InChI is InChI=1S/C13H19N3O/c1-9(14)10-4-2-7-12(8-10)16-13(17)15-11-5-3-6-11/h2,4,7-9,11H,3,5-6,14H2,1H3,(H2,15,16,17). The van der Waals surface area contributed by atoms with E-state index in [1.54, 1.807) is 0 Å². The van der Waals surface area contributed by atoms with Crippen molar-refractivity contribution in [1.29, 1.82) is 0 Å². The number of benzene rings is 1. The van der Waals surface area contributed by atoms with E-state index in [1.165, 1.54) is 6.42 Å². The Morgan fingerprint density at radius 2 is 2.24 bits per heavy atom. The van der Waals surface area contributed by atoms with Crippen LogP contribution in [0.2, 0.25) is 0 Å². The topological polar surface area (TPSA) is 67.1 Å². The molecule has 2 amide bonds. The van der Waals surface area contributed by atoms with Crippen molar-refractivity contribution in [3.05, 3.63) is 29.8 Å². The van der Waals surface area contributed by atoms with Crippen molar-refractivity contribution in [1.82, 2.24) is 5.32 Å². The first-order chi connectivity index (χ1) is 8.15. The highest BCUT2D eigenvalue weighted by atomic mass is 16.2. The number of nitrogens with one attached hydrogen (secondary N) is 2. The van der Waals surface area contributed by atoms with E-state index in [-0.39, 0.29) is 12.1 Å². The van der Waals surface area contributed by atoms with Gasteiger partial charge < -0.3 is 16.4 Å². The van der Waals surface area contributed by atoms with Crippen molar-refractivity contribution in [3.63, 3.8) is 0 Å². The van der Waals surface area contributed by atoms with Crippen LogP contribution in [0.15, 0.2) is 24.3 Å². The highest BCUT2D eigenvalue weighted by Crippen LogP contribution is 2.19. The molecule has 1 aliphatic rings. The summed E-state index contributed by atoms with van der Waals surface area (Å²) in [5.41, 5.74) is 7.60. The number of anilines is 1. The summed E-state index contributed by atoms with van der Waals surface area (Å²) in [5.74, 6) is 0. The first kappa shape index (κ1) is 11.9. The zero-order chi connectivity index (χ0) is 12.3. The van der Waals surface area contributed by atoms with Gasteiger partial charge in [0.05, 0.1) is 0 Å². The fourth-order valence-electron chi connectivity index (χ4n) is 1.80. The summed E-state index contributed by atoms with van der Waals surface area (Å²) in [4.78, 5) is 11.6. The second-order valence-electron chi connectivity index (χ2n) is 4.64. The molecule has 17 heavy (non-hydrogen) atoms. The number of amides is 2. The third kappa shape index (κ3) is 3.20. The Morgan fingerprint density at radius 1 is 1.47 bits per heavy atom. The van der Waals surface area contributed by atoms with Crippen LogP contribution in [-0.2, 0) is 0 Å². The fraction of sp³-hybridized carbons (Fsp3) is 0.462. The van der Waals surface area contributed by atoms with Crippen LogP contribution in [0.1, 0.15) is 37.8 Å². The molecule has 0 radical (unpaired) electrons. The minimum absolute atomic E-state index is 0.0218. The van der Waals surface area contributed by atoms with E-state index in [2.05, 4.69) is 10.6 Å². The van der Waals surface area contributed by atoms with E-state index in [1.807, 2.05) is 31.2 Å². The second kappa shape index (κ2) is 5.19. The highest BCUT2D eigenvalue weighted by Gasteiger charge is 2.19. The average molecular weight is 233 g/mol. The Morgan fingerprint density at radius 3 is 2.82 bits per heavy atom. The predicted octanol–water partition coefficient (Wildman–Crippen LogP) is 2.38. The molecule has 1 aliphatic carbocycles. The lowest BCUT2D eigenvalue weighted by Crippen LogP contribution is -2.41. The molecule has 1 fully saturated rings. The molecule has 0 saturated heterocycles. The summed E-state index contributed by atoms with van der Waals surface area (Å²) in [5, 5.41) is 5.76. The molecule has 1 unspecified atom stereocenters. The maximum Gasteiger partial charge on any atom is 0.319 e. The first-order valence-electron chi connectivity index (χ1n) is 6.08. The van der Waals surface area contributed by atoms with Crippen molar-refractivity contribution in [2.75, 3.05) is 5.32 Å². The lowest BCUT2D eigenvalue weighted by molar-refractivity contribution is 0.240. The van der Waals surface area contributed by atoms with Gasteiger partial charge in [0.25, 0.3) is 0 Å². The van der Waals surface area contributed by atoms with Crippen LogP contribution in [0, 0.1) is 0 Å². The summed E-state index contributed by atoms with van der Waals surface area (Å²) in [6.45, 7) is 1.92. The average Bonchev–Trinajstić information content (AvgIpc) is 2.24. The maximum atomic E-state index is 11.6. The monoisotopic (exact) mass is 233 g/mol. The SMILES string of the molecule is CC(N)c1cccc(NC(=O)NC2CCC2)c1. The molecule has 4 nitrogen and oxygen atoms in total. The summed E-state index contributed by atoms with van der Waals surface area (Å²) in [6.07, 6.45) is 3.39. The molecule has 0 heterocycles. The summed E-state index contributed by atoms with van der Waals surface area (Å²) in [7, 11) is 0. The third-order valence-corrected chi connectivity index (χ3v) is 3.11. The van der Waals surface area contributed by atoms with Gasteiger partial charge in [-0.05, 0) is 43.9 Å². The first-order valence-corrected chi connectivity index (χ1v) is 6.08. The number of carbonyl (C=O) groups is 1. The minimum atomic E-state index is -0.128. The van der Waals surface area contributed by atoms with Crippen molar-refractivity contribution >= 4 is 11.7 Å². The van der Waals surface area contributed by atoms with Gasteiger partial charge >= 0.3 is 6.03 Å². The molecular weight excluding hydrogens is 214 g/mol. The quantitative estimate of drug-likeness (QED) is 0.750. The van der Waals surface area contributed by atoms with Crippen LogP contribution in [0.4, 0.5) is 10.5 Å². The lowest BCUT2D eigenvalue weighted by Gasteiger charge is -2.26. The van der Waals surface area contributed by atoms with E-state index in [4.69, 9.17) is 5.73 Å². The van der Waals surface area contributed by atoms with E-state index in [0.717, 1.165) is 24.1 Å². The number of hydrogen-bond acceptors (Lipinski definition) is 2. The van der Waals surface area contributed by atoms with Gasteiger partial charge in [-0.25, -0.2) is 4.79 Å². The van der Waals surface area contributed by atoms with Gasteiger partial charge in [-0.2, -0.15) is 0 Å². The molecule has 0 aromatic heterocycles. The second-order valence-corrected chi connectivity index (χ2v) is 4.64. The Hall–Kier alpha value is -1.55. The molecule has 0 bridgehead atoms. The predicted molar refractivity (Wildman–Crippen MR) is 68.8 cm³/mol. The van der Waals surface area contributed by atoms with Crippen molar-refractivity contribution < 1.29 is 4.79 Å². The minimum Gasteiger partial charge on any atom is -0.335 e. The van der Waals surface area contributed by atoms with Gasteiger partial charge in [-0.3, -0.25) is 0 Å². The Labute approximate surface area is 102 Å². The number of urea groups is 1. The smallest absolute Gasteiger partial charge is 0.319 e. The number of carbonyl (C=O) groups excluding carboxylic acids is 1. The van der Waals surface area contributed by atoms with Gasteiger partial charge in [-0.1, -0.05) is 12.1 Å². The Balaban J connectivity index is 1.92.